The van der Waals surface area contributed by atoms with Crippen LogP contribution >= 0.6 is 11.6 Å². The maximum absolute atomic E-state index is 12.5. The van der Waals surface area contributed by atoms with Crippen molar-refractivity contribution in [2.24, 2.45) is 0 Å². The number of para-hydroxylation sites is 1. The highest BCUT2D eigenvalue weighted by molar-refractivity contribution is 6.31. The molecule has 3 aromatic rings. The third-order valence-corrected chi connectivity index (χ3v) is 4.88. The molecule has 0 aliphatic carbocycles. The van der Waals surface area contributed by atoms with E-state index in [-0.39, 0.29) is 5.78 Å². The normalized spacial score (nSPS) is 14.8. The molecule has 0 unspecified atom stereocenters. The minimum atomic E-state index is -0.0708. The van der Waals surface area contributed by atoms with E-state index in [0.717, 1.165) is 35.4 Å². The molecule has 0 saturated carbocycles. The fraction of sp³-hybridized carbons (Fsp3) is 0.182. The van der Waals surface area contributed by atoms with Gasteiger partial charge >= 0.3 is 0 Å². The minimum Gasteiger partial charge on any atom is -0.373 e. The van der Waals surface area contributed by atoms with Gasteiger partial charge in [-0.15, -0.1) is 0 Å². The van der Waals surface area contributed by atoms with Crippen LogP contribution in [0.3, 0.4) is 0 Å². The summed E-state index contributed by atoms with van der Waals surface area (Å²) < 4.78 is 5.48. The van der Waals surface area contributed by atoms with Crippen LogP contribution in [0.1, 0.15) is 15.9 Å². The zero-order valence-electron chi connectivity index (χ0n) is 14.8. The zero-order valence-corrected chi connectivity index (χ0v) is 15.6. The number of ketones is 1. The summed E-state index contributed by atoms with van der Waals surface area (Å²) in [6, 6.07) is 17.3. The van der Waals surface area contributed by atoms with Gasteiger partial charge in [-0.2, -0.15) is 0 Å². The third kappa shape index (κ3) is 4.02. The Hall–Kier alpha value is -2.69. The number of carbonyl (C=O) groups is 1. The molecule has 4 nitrogen and oxygen atoms in total. The van der Waals surface area contributed by atoms with E-state index in [1.165, 1.54) is 0 Å². The van der Waals surface area contributed by atoms with Crippen LogP contribution in [-0.4, -0.2) is 32.1 Å². The van der Waals surface area contributed by atoms with Crippen molar-refractivity contribution in [2.75, 3.05) is 31.2 Å². The summed E-state index contributed by atoms with van der Waals surface area (Å²) in [6.45, 7) is 3.03. The van der Waals surface area contributed by atoms with Gasteiger partial charge < -0.3 is 4.74 Å². The number of rotatable bonds is 4. The maximum atomic E-state index is 12.5. The molecule has 5 heteroatoms. The predicted molar refractivity (Wildman–Crippen MR) is 108 cm³/mol. The predicted octanol–water partition coefficient (Wildman–Crippen LogP) is 4.04. The van der Waals surface area contributed by atoms with Crippen molar-refractivity contribution in [3.05, 3.63) is 76.8 Å². The molecule has 136 valence electrons. The summed E-state index contributed by atoms with van der Waals surface area (Å²) >= 11 is 6.00. The third-order valence-electron chi connectivity index (χ3n) is 4.65. The number of aromatic amines is 1. The molecule has 1 saturated heterocycles. The number of ether oxygens (including phenoxy) is 1. The summed E-state index contributed by atoms with van der Waals surface area (Å²) in [4.78, 5) is 18.3. The van der Waals surface area contributed by atoms with E-state index >= 15 is 0 Å². The standard InChI is InChI=1S/C22H19ClN2O2/c23-19-6-3-5-17(15-19)21(26)9-8-18-14-16-4-1-2-7-20(16)24-22(18)25-10-12-27-13-11-25/h1-9,14-15H,10-13H2/p+1/b9-8+. The molecule has 1 N–H and O–H groups in total. The zero-order chi connectivity index (χ0) is 18.6. The number of carbonyl (C=O) groups excluding carboxylic acids is 1. The molecule has 1 aromatic heterocycles. The number of benzene rings is 2. The molecule has 0 atom stereocenters. The Bertz CT molecular complexity index is 1010. The van der Waals surface area contributed by atoms with Crippen molar-refractivity contribution >= 4 is 40.2 Å². The number of nitrogens with one attached hydrogen (secondary N) is 1. The SMILES string of the molecule is O=C(/C=C/c1cc2ccccc2[nH+]c1N1CCOCC1)c1cccc(Cl)c1. The number of anilines is 1. The monoisotopic (exact) mass is 379 g/mol. The number of H-pyrrole nitrogens is 1. The highest BCUT2D eigenvalue weighted by Gasteiger charge is 2.23. The Labute approximate surface area is 163 Å². The quantitative estimate of drug-likeness (QED) is 0.507. The van der Waals surface area contributed by atoms with Crippen LogP contribution in [0.2, 0.25) is 5.02 Å². The Morgan fingerprint density at radius 1 is 1.07 bits per heavy atom. The number of fused-ring (bicyclic) bond motifs is 1. The molecule has 1 fully saturated rings. The molecule has 1 aliphatic heterocycles. The maximum Gasteiger partial charge on any atom is 0.282 e. The molecule has 0 spiro atoms. The second-order valence-corrected chi connectivity index (χ2v) is 6.90. The molecule has 27 heavy (non-hydrogen) atoms. The van der Waals surface area contributed by atoms with Gasteiger partial charge in [0.15, 0.2) is 5.78 Å². The number of hydrogen-bond donors (Lipinski definition) is 0. The van der Waals surface area contributed by atoms with Crippen molar-refractivity contribution in [3.8, 4) is 0 Å². The summed E-state index contributed by atoms with van der Waals surface area (Å²) in [6.07, 6.45) is 3.48. The van der Waals surface area contributed by atoms with Crippen LogP contribution in [0, 0.1) is 0 Å². The van der Waals surface area contributed by atoms with Gasteiger partial charge in [0, 0.05) is 16.0 Å². The topological polar surface area (TPSA) is 43.7 Å². The molecule has 0 radical (unpaired) electrons. The second kappa shape index (κ2) is 7.91. The van der Waals surface area contributed by atoms with Gasteiger partial charge in [-0.25, -0.2) is 4.98 Å². The van der Waals surface area contributed by atoms with E-state index in [2.05, 4.69) is 28.1 Å². The molecule has 4 rings (SSSR count). The average Bonchev–Trinajstić information content (AvgIpc) is 2.72. The van der Waals surface area contributed by atoms with E-state index in [1.54, 1.807) is 30.3 Å². The van der Waals surface area contributed by atoms with Crippen molar-refractivity contribution < 1.29 is 14.5 Å². The van der Waals surface area contributed by atoms with Gasteiger partial charge in [-0.05, 0) is 36.4 Å². The Morgan fingerprint density at radius 2 is 1.89 bits per heavy atom. The van der Waals surface area contributed by atoms with Crippen LogP contribution in [0.4, 0.5) is 5.82 Å². The van der Waals surface area contributed by atoms with Crippen LogP contribution in [0.15, 0.2) is 60.7 Å². The molecule has 2 heterocycles. The van der Waals surface area contributed by atoms with Crippen LogP contribution in [0.25, 0.3) is 17.0 Å². The number of pyridine rings is 1. The van der Waals surface area contributed by atoms with E-state index in [4.69, 9.17) is 16.3 Å². The highest BCUT2D eigenvalue weighted by atomic mass is 35.5. The fourth-order valence-corrected chi connectivity index (χ4v) is 3.44. The number of nitrogens with zero attached hydrogens (tertiary/aromatic N) is 1. The summed E-state index contributed by atoms with van der Waals surface area (Å²) in [7, 11) is 0. The first-order valence-corrected chi connectivity index (χ1v) is 9.34. The molecule has 0 amide bonds. The molecular weight excluding hydrogens is 360 g/mol. The molecular formula is C22H20ClN2O2+. The van der Waals surface area contributed by atoms with Crippen molar-refractivity contribution in [3.63, 3.8) is 0 Å². The van der Waals surface area contributed by atoms with E-state index in [1.807, 2.05) is 18.2 Å². The van der Waals surface area contributed by atoms with Gasteiger partial charge in [0.05, 0.1) is 18.8 Å². The Balaban J connectivity index is 1.71. The lowest BCUT2D eigenvalue weighted by molar-refractivity contribution is -0.331. The first-order chi connectivity index (χ1) is 13.2. The van der Waals surface area contributed by atoms with Crippen molar-refractivity contribution in [1.82, 2.24) is 0 Å². The number of aromatic nitrogens is 1. The summed E-state index contributed by atoms with van der Waals surface area (Å²) in [5, 5.41) is 1.66. The van der Waals surface area contributed by atoms with E-state index < -0.39 is 0 Å². The lowest BCUT2D eigenvalue weighted by Crippen LogP contribution is -2.40. The smallest absolute Gasteiger partial charge is 0.282 e. The van der Waals surface area contributed by atoms with Crippen molar-refractivity contribution in [2.45, 2.75) is 0 Å². The Kier molecular flexibility index (Phi) is 5.19. The summed E-state index contributed by atoms with van der Waals surface area (Å²) in [5.74, 6) is 0.936. The highest BCUT2D eigenvalue weighted by Crippen LogP contribution is 2.23. The Morgan fingerprint density at radius 3 is 2.70 bits per heavy atom. The first-order valence-electron chi connectivity index (χ1n) is 8.96. The lowest BCUT2D eigenvalue weighted by Gasteiger charge is -2.22. The molecule has 2 aromatic carbocycles. The van der Waals surface area contributed by atoms with Gasteiger partial charge in [0.25, 0.3) is 5.82 Å². The average molecular weight is 380 g/mol. The number of halogens is 1. The largest absolute Gasteiger partial charge is 0.373 e. The van der Waals surface area contributed by atoms with Gasteiger partial charge in [-0.1, -0.05) is 41.9 Å². The number of allylic oxidation sites excluding steroid dienone is 1. The van der Waals surface area contributed by atoms with Gasteiger partial charge in [0.2, 0.25) is 0 Å². The lowest BCUT2D eigenvalue weighted by atomic mass is 10.1. The van der Waals surface area contributed by atoms with E-state index in [9.17, 15) is 4.79 Å². The van der Waals surface area contributed by atoms with Crippen LogP contribution < -0.4 is 9.88 Å². The first kappa shape index (κ1) is 17.7. The fourth-order valence-electron chi connectivity index (χ4n) is 3.25. The van der Waals surface area contributed by atoms with E-state index in [0.29, 0.717) is 23.8 Å². The van der Waals surface area contributed by atoms with Crippen LogP contribution in [-0.2, 0) is 4.74 Å². The molecule has 1 aliphatic rings. The van der Waals surface area contributed by atoms with Crippen molar-refractivity contribution in [1.29, 1.82) is 0 Å². The molecule has 0 bridgehead atoms. The van der Waals surface area contributed by atoms with Gasteiger partial charge in [0.1, 0.15) is 18.6 Å². The van der Waals surface area contributed by atoms with Gasteiger partial charge in [-0.3, -0.25) is 9.69 Å². The van der Waals surface area contributed by atoms with Crippen LogP contribution in [0.5, 0.6) is 0 Å². The number of hydrogen-bond acceptors (Lipinski definition) is 3. The number of morpholine rings is 1. The second-order valence-electron chi connectivity index (χ2n) is 6.47. The summed E-state index contributed by atoms with van der Waals surface area (Å²) in [5.41, 5.74) is 2.62. The minimum absolute atomic E-state index is 0.0708.